The lowest BCUT2D eigenvalue weighted by Crippen LogP contribution is -2.13. The number of nitrogens with zero attached hydrogens (tertiary/aromatic N) is 4. The smallest absolute Gasteiger partial charge is 0.146 e. The molecule has 0 saturated carbocycles. The highest BCUT2D eigenvalue weighted by molar-refractivity contribution is 5.52. The lowest BCUT2D eigenvalue weighted by atomic mass is 10.0. The van der Waals surface area contributed by atoms with Crippen LogP contribution in [0, 0.1) is 0 Å². The molecule has 5 nitrogen and oxygen atoms in total. The number of anilines is 1. The van der Waals surface area contributed by atoms with E-state index in [9.17, 15) is 0 Å². The van der Waals surface area contributed by atoms with E-state index < -0.39 is 0 Å². The van der Waals surface area contributed by atoms with Gasteiger partial charge in [-0.05, 0) is 38.5 Å². The summed E-state index contributed by atoms with van der Waals surface area (Å²) in [7, 11) is 0. The van der Waals surface area contributed by atoms with E-state index in [0.29, 0.717) is 0 Å². The fourth-order valence-electron chi connectivity index (χ4n) is 2.98. The van der Waals surface area contributed by atoms with Gasteiger partial charge in [-0.25, -0.2) is 15.0 Å². The lowest BCUT2D eigenvalue weighted by molar-refractivity contribution is 0.653. The highest BCUT2D eigenvalue weighted by atomic mass is 15.1. The van der Waals surface area contributed by atoms with Crippen LogP contribution < -0.4 is 5.32 Å². The van der Waals surface area contributed by atoms with Crippen LogP contribution >= 0.6 is 0 Å². The maximum absolute atomic E-state index is 4.58. The van der Waals surface area contributed by atoms with Gasteiger partial charge in [0.05, 0.1) is 5.69 Å². The Morgan fingerprint density at radius 2 is 2.00 bits per heavy atom. The largest absolute Gasteiger partial charge is 0.370 e. The molecule has 1 aliphatic carbocycles. The number of hydrogen-bond donors (Lipinski definition) is 1. The Morgan fingerprint density at radius 1 is 1.14 bits per heavy atom. The molecule has 5 heteroatoms. The van der Waals surface area contributed by atoms with E-state index in [4.69, 9.17) is 0 Å². The molecule has 2 aromatic heterocycles. The van der Waals surface area contributed by atoms with E-state index in [2.05, 4.69) is 38.7 Å². The molecule has 1 aliphatic rings. The normalized spacial score (nSPS) is 14.0. The van der Waals surface area contributed by atoms with Crippen molar-refractivity contribution in [3.63, 3.8) is 0 Å². The molecule has 2 heterocycles. The van der Waals surface area contributed by atoms with E-state index in [1.807, 2.05) is 6.33 Å². The first-order valence-corrected chi connectivity index (χ1v) is 7.98. The van der Waals surface area contributed by atoms with E-state index in [1.54, 1.807) is 6.33 Å². The Balaban J connectivity index is 2.03. The van der Waals surface area contributed by atoms with E-state index >= 15 is 0 Å². The van der Waals surface area contributed by atoms with Crippen molar-refractivity contribution in [2.45, 2.75) is 52.4 Å². The third-order valence-electron chi connectivity index (χ3n) is 4.08. The SMILES string of the molecule is CCCNc1ncnc(-n2cnc3c2CCCC3)c1CC. The van der Waals surface area contributed by atoms with E-state index in [0.717, 1.165) is 43.9 Å². The molecule has 0 fully saturated rings. The van der Waals surface area contributed by atoms with E-state index in [1.165, 1.54) is 29.8 Å². The molecule has 0 spiro atoms. The second-order valence-corrected chi connectivity index (χ2v) is 5.52. The van der Waals surface area contributed by atoms with E-state index in [-0.39, 0.29) is 0 Å². The first-order valence-electron chi connectivity index (χ1n) is 7.98. The van der Waals surface area contributed by atoms with Crippen molar-refractivity contribution in [2.75, 3.05) is 11.9 Å². The van der Waals surface area contributed by atoms with Gasteiger partial charge in [-0.2, -0.15) is 0 Å². The zero-order chi connectivity index (χ0) is 14.7. The zero-order valence-electron chi connectivity index (χ0n) is 12.9. The van der Waals surface area contributed by atoms with Crippen molar-refractivity contribution in [2.24, 2.45) is 0 Å². The molecule has 0 atom stereocenters. The summed E-state index contributed by atoms with van der Waals surface area (Å²) in [6.07, 6.45) is 10.3. The van der Waals surface area contributed by atoms with Crippen LogP contribution in [0.25, 0.3) is 5.82 Å². The monoisotopic (exact) mass is 285 g/mol. The van der Waals surface area contributed by atoms with Gasteiger partial charge < -0.3 is 5.32 Å². The highest BCUT2D eigenvalue weighted by Crippen LogP contribution is 2.26. The van der Waals surface area contributed by atoms with Gasteiger partial charge in [0, 0.05) is 17.8 Å². The Bertz CT molecular complexity index is 617. The minimum atomic E-state index is 0.912. The molecule has 0 radical (unpaired) electrons. The maximum Gasteiger partial charge on any atom is 0.146 e. The predicted molar refractivity (Wildman–Crippen MR) is 84.0 cm³/mol. The number of fused-ring (bicyclic) bond motifs is 1. The number of aromatic nitrogens is 4. The van der Waals surface area contributed by atoms with Crippen LogP contribution in [0.5, 0.6) is 0 Å². The van der Waals surface area contributed by atoms with Crippen LogP contribution in [0.2, 0.25) is 0 Å². The summed E-state index contributed by atoms with van der Waals surface area (Å²) >= 11 is 0. The molecule has 1 N–H and O–H groups in total. The number of hydrogen-bond acceptors (Lipinski definition) is 4. The second kappa shape index (κ2) is 6.24. The summed E-state index contributed by atoms with van der Waals surface area (Å²) in [6, 6.07) is 0. The average molecular weight is 285 g/mol. The summed E-state index contributed by atoms with van der Waals surface area (Å²) in [4.78, 5) is 13.5. The van der Waals surface area contributed by atoms with Crippen LogP contribution in [0.3, 0.4) is 0 Å². The molecule has 0 bridgehead atoms. The maximum atomic E-state index is 4.58. The fraction of sp³-hybridized carbons (Fsp3) is 0.562. The lowest BCUT2D eigenvalue weighted by Gasteiger charge is -2.17. The van der Waals surface area contributed by atoms with Gasteiger partial charge >= 0.3 is 0 Å². The van der Waals surface area contributed by atoms with Crippen molar-refractivity contribution in [3.05, 3.63) is 29.6 Å². The summed E-state index contributed by atoms with van der Waals surface area (Å²) < 4.78 is 2.17. The Kier molecular flexibility index (Phi) is 4.18. The van der Waals surface area contributed by atoms with Crippen LogP contribution in [-0.4, -0.2) is 26.1 Å². The van der Waals surface area contributed by atoms with Gasteiger partial charge in [-0.15, -0.1) is 0 Å². The van der Waals surface area contributed by atoms with Gasteiger partial charge in [0.1, 0.15) is 24.3 Å². The predicted octanol–water partition coefficient (Wildman–Crippen LogP) is 2.93. The fourth-order valence-corrected chi connectivity index (χ4v) is 2.98. The van der Waals surface area contributed by atoms with Crippen molar-refractivity contribution >= 4 is 5.82 Å². The van der Waals surface area contributed by atoms with Crippen LogP contribution in [0.15, 0.2) is 12.7 Å². The van der Waals surface area contributed by atoms with Crippen LogP contribution in [-0.2, 0) is 19.3 Å². The summed E-state index contributed by atoms with van der Waals surface area (Å²) in [5.41, 5.74) is 3.75. The van der Waals surface area contributed by atoms with Gasteiger partial charge in [0.2, 0.25) is 0 Å². The van der Waals surface area contributed by atoms with Crippen molar-refractivity contribution < 1.29 is 0 Å². The van der Waals surface area contributed by atoms with Crippen molar-refractivity contribution in [1.82, 2.24) is 19.5 Å². The molecule has 112 valence electrons. The number of nitrogens with one attached hydrogen (secondary N) is 1. The molecule has 0 aliphatic heterocycles. The van der Waals surface area contributed by atoms with Gasteiger partial charge in [-0.3, -0.25) is 4.57 Å². The molecule has 0 amide bonds. The Morgan fingerprint density at radius 3 is 2.81 bits per heavy atom. The second-order valence-electron chi connectivity index (χ2n) is 5.52. The quantitative estimate of drug-likeness (QED) is 0.917. The molecule has 0 saturated heterocycles. The van der Waals surface area contributed by atoms with Crippen LogP contribution in [0.4, 0.5) is 5.82 Å². The summed E-state index contributed by atoms with van der Waals surface area (Å²) in [6.45, 7) is 5.25. The van der Waals surface area contributed by atoms with Gasteiger partial charge in [0.25, 0.3) is 0 Å². The van der Waals surface area contributed by atoms with Gasteiger partial charge in [0.15, 0.2) is 0 Å². The summed E-state index contributed by atoms with van der Waals surface area (Å²) in [5.74, 6) is 1.95. The standard InChI is InChI=1S/C16H23N5/c1-3-9-17-15-12(4-2)16(19-10-18-15)21-11-20-13-7-5-6-8-14(13)21/h10-11H,3-9H2,1-2H3,(H,17,18,19). The highest BCUT2D eigenvalue weighted by Gasteiger charge is 2.19. The molecular weight excluding hydrogens is 262 g/mol. The molecule has 3 rings (SSSR count). The minimum Gasteiger partial charge on any atom is -0.370 e. The van der Waals surface area contributed by atoms with Crippen molar-refractivity contribution in [1.29, 1.82) is 0 Å². The molecule has 2 aromatic rings. The van der Waals surface area contributed by atoms with Crippen LogP contribution in [0.1, 0.15) is 50.1 Å². The molecule has 0 unspecified atom stereocenters. The number of imidazole rings is 1. The Hall–Kier alpha value is -1.91. The Labute approximate surface area is 125 Å². The third-order valence-corrected chi connectivity index (χ3v) is 4.08. The topological polar surface area (TPSA) is 55.6 Å². The molecular formula is C16H23N5. The number of aryl methyl sites for hydroxylation is 1. The third kappa shape index (κ3) is 2.64. The molecule has 21 heavy (non-hydrogen) atoms. The zero-order valence-corrected chi connectivity index (χ0v) is 12.9. The minimum absolute atomic E-state index is 0.912. The van der Waals surface area contributed by atoms with Gasteiger partial charge in [-0.1, -0.05) is 13.8 Å². The summed E-state index contributed by atoms with van der Waals surface area (Å²) in [5, 5.41) is 3.41. The molecule has 0 aromatic carbocycles. The first-order chi connectivity index (χ1) is 10.3. The first kappa shape index (κ1) is 14.0. The van der Waals surface area contributed by atoms with Crippen molar-refractivity contribution in [3.8, 4) is 5.82 Å². The average Bonchev–Trinajstić information content (AvgIpc) is 2.96. The number of rotatable bonds is 5.